The van der Waals surface area contributed by atoms with Gasteiger partial charge in [-0.1, -0.05) is 11.6 Å². The molecule has 0 saturated carbocycles. The molecule has 122 valence electrons. The van der Waals surface area contributed by atoms with E-state index in [-0.39, 0.29) is 0 Å². The van der Waals surface area contributed by atoms with Crippen LogP contribution in [0.25, 0.3) is 0 Å². The number of hydrogen-bond acceptors (Lipinski definition) is 3. The molecule has 0 aliphatic carbocycles. The lowest BCUT2D eigenvalue weighted by Gasteiger charge is -2.14. The zero-order valence-corrected chi connectivity index (χ0v) is 14.6. The molecule has 0 aliphatic rings. The number of benzene rings is 2. The fourth-order valence-corrected chi connectivity index (χ4v) is 2.34. The number of rotatable bonds is 6. The second kappa shape index (κ2) is 8.60. The predicted molar refractivity (Wildman–Crippen MR) is 99.0 cm³/mol. The monoisotopic (exact) mass is 350 g/mol. The van der Waals surface area contributed by atoms with E-state index < -0.39 is 0 Å². The predicted octanol–water partition coefficient (Wildman–Crippen LogP) is 4.84. The van der Waals surface area contributed by atoms with Crippen molar-refractivity contribution in [3.63, 3.8) is 0 Å². The summed E-state index contributed by atoms with van der Waals surface area (Å²) in [6.07, 6.45) is 0. The number of halogens is 1. The van der Waals surface area contributed by atoms with E-state index in [1.165, 1.54) is 0 Å². The summed E-state index contributed by atoms with van der Waals surface area (Å²) in [5.41, 5.74) is 0.706. The van der Waals surface area contributed by atoms with Gasteiger partial charge in [-0.05, 0) is 68.5 Å². The Balaban J connectivity index is 2.16. The van der Waals surface area contributed by atoms with Crippen LogP contribution in [-0.4, -0.2) is 18.3 Å². The maximum atomic E-state index is 6.06. The molecular weight excluding hydrogens is 332 g/mol. The van der Waals surface area contributed by atoms with Crippen molar-refractivity contribution in [1.82, 2.24) is 5.32 Å². The lowest BCUT2D eigenvalue weighted by Crippen LogP contribution is -2.28. The first-order valence-electron chi connectivity index (χ1n) is 7.37. The molecule has 23 heavy (non-hydrogen) atoms. The van der Waals surface area contributed by atoms with Crippen LogP contribution < -0.4 is 20.1 Å². The summed E-state index contributed by atoms with van der Waals surface area (Å²) in [6, 6.07) is 12.8. The Bertz CT molecular complexity index is 662. The highest BCUT2D eigenvalue weighted by atomic mass is 35.5. The molecule has 0 bridgehead atoms. The molecule has 4 nitrogen and oxygen atoms in total. The standard InChI is InChI=1S/C17H19ClN2O2S/c1-3-19-17(23)20-15-11-12(18)5-10-16(15)22-14-8-6-13(7-9-14)21-4-2/h5-11H,3-4H2,1-2H3,(H2,19,20,23). The van der Waals surface area contributed by atoms with Gasteiger partial charge in [0.1, 0.15) is 11.5 Å². The van der Waals surface area contributed by atoms with Gasteiger partial charge < -0.3 is 20.1 Å². The Hall–Kier alpha value is -1.98. The number of anilines is 1. The average molecular weight is 351 g/mol. The van der Waals surface area contributed by atoms with Crippen LogP contribution in [0.4, 0.5) is 5.69 Å². The van der Waals surface area contributed by atoms with Crippen molar-refractivity contribution in [2.45, 2.75) is 13.8 Å². The number of thiocarbonyl (C=S) groups is 1. The molecule has 0 aliphatic heterocycles. The van der Waals surface area contributed by atoms with E-state index in [4.69, 9.17) is 33.3 Å². The Morgan fingerprint density at radius 3 is 2.43 bits per heavy atom. The molecule has 2 N–H and O–H groups in total. The van der Waals surface area contributed by atoms with E-state index in [0.717, 1.165) is 12.3 Å². The molecule has 2 aromatic carbocycles. The van der Waals surface area contributed by atoms with Crippen molar-refractivity contribution >= 4 is 34.6 Å². The Kier molecular flexibility index (Phi) is 6.50. The van der Waals surface area contributed by atoms with Gasteiger partial charge in [-0.2, -0.15) is 0 Å². The highest BCUT2D eigenvalue weighted by molar-refractivity contribution is 7.80. The van der Waals surface area contributed by atoms with Gasteiger partial charge >= 0.3 is 0 Å². The maximum absolute atomic E-state index is 6.06. The van der Waals surface area contributed by atoms with E-state index in [1.807, 2.05) is 38.1 Å². The summed E-state index contributed by atoms with van der Waals surface area (Å²) in [5.74, 6) is 2.15. The second-order valence-electron chi connectivity index (χ2n) is 4.63. The van der Waals surface area contributed by atoms with Crippen LogP contribution in [-0.2, 0) is 0 Å². The van der Waals surface area contributed by atoms with Crippen molar-refractivity contribution in [3.05, 3.63) is 47.5 Å². The molecule has 0 radical (unpaired) electrons. The van der Waals surface area contributed by atoms with Crippen LogP contribution in [0.3, 0.4) is 0 Å². The highest BCUT2D eigenvalue weighted by Gasteiger charge is 2.08. The minimum atomic E-state index is 0.520. The number of nitrogens with one attached hydrogen (secondary N) is 2. The van der Waals surface area contributed by atoms with Gasteiger partial charge in [0.15, 0.2) is 10.9 Å². The van der Waals surface area contributed by atoms with Gasteiger partial charge in [0.2, 0.25) is 0 Å². The summed E-state index contributed by atoms with van der Waals surface area (Å²) < 4.78 is 11.3. The summed E-state index contributed by atoms with van der Waals surface area (Å²) in [7, 11) is 0. The van der Waals surface area contributed by atoms with Crippen molar-refractivity contribution in [3.8, 4) is 17.2 Å². The quantitative estimate of drug-likeness (QED) is 0.730. The average Bonchev–Trinajstić information content (AvgIpc) is 2.52. The lowest BCUT2D eigenvalue weighted by molar-refractivity contribution is 0.339. The van der Waals surface area contributed by atoms with Crippen molar-refractivity contribution in [1.29, 1.82) is 0 Å². The molecule has 2 aromatic rings. The molecular formula is C17H19ClN2O2S. The topological polar surface area (TPSA) is 42.5 Å². The smallest absolute Gasteiger partial charge is 0.170 e. The third kappa shape index (κ3) is 5.30. The van der Waals surface area contributed by atoms with E-state index in [2.05, 4.69) is 10.6 Å². The molecule has 2 rings (SSSR count). The summed E-state index contributed by atoms with van der Waals surface area (Å²) in [5, 5.41) is 7.24. The summed E-state index contributed by atoms with van der Waals surface area (Å²) >= 11 is 11.3. The zero-order valence-electron chi connectivity index (χ0n) is 13.1. The molecule has 0 heterocycles. The maximum Gasteiger partial charge on any atom is 0.170 e. The normalized spacial score (nSPS) is 10.0. The third-order valence-corrected chi connectivity index (χ3v) is 3.37. The molecule has 0 spiro atoms. The van der Waals surface area contributed by atoms with E-state index >= 15 is 0 Å². The van der Waals surface area contributed by atoms with Crippen LogP contribution in [0.15, 0.2) is 42.5 Å². The number of hydrogen-bond donors (Lipinski definition) is 2. The molecule has 0 atom stereocenters. The first kappa shape index (κ1) is 17.4. The first-order valence-corrected chi connectivity index (χ1v) is 8.16. The molecule has 6 heteroatoms. The van der Waals surface area contributed by atoms with E-state index in [0.29, 0.717) is 33.9 Å². The summed E-state index contributed by atoms with van der Waals surface area (Å²) in [4.78, 5) is 0. The largest absolute Gasteiger partial charge is 0.494 e. The Labute approximate surface area is 146 Å². The Morgan fingerprint density at radius 2 is 1.78 bits per heavy atom. The van der Waals surface area contributed by atoms with Crippen LogP contribution in [0.1, 0.15) is 13.8 Å². The fourth-order valence-electron chi connectivity index (χ4n) is 1.91. The van der Waals surface area contributed by atoms with E-state index in [1.54, 1.807) is 18.2 Å². The van der Waals surface area contributed by atoms with Crippen LogP contribution >= 0.6 is 23.8 Å². The minimum absolute atomic E-state index is 0.520. The van der Waals surface area contributed by atoms with Gasteiger partial charge in [0, 0.05) is 11.6 Å². The highest BCUT2D eigenvalue weighted by Crippen LogP contribution is 2.32. The zero-order chi connectivity index (χ0) is 16.7. The Morgan fingerprint density at radius 1 is 1.09 bits per heavy atom. The van der Waals surface area contributed by atoms with Gasteiger partial charge in [0.25, 0.3) is 0 Å². The summed E-state index contributed by atoms with van der Waals surface area (Å²) in [6.45, 7) is 5.29. The van der Waals surface area contributed by atoms with Crippen LogP contribution in [0.5, 0.6) is 17.2 Å². The van der Waals surface area contributed by atoms with Gasteiger partial charge in [-0.25, -0.2) is 0 Å². The molecule has 0 aromatic heterocycles. The molecule has 0 saturated heterocycles. The van der Waals surface area contributed by atoms with Crippen molar-refractivity contribution in [2.75, 3.05) is 18.5 Å². The molecule has 0 unspecified atom stereocenters. The first-order chi connectivity index (χ1) is 11.1. The van der Waals surface area contributed by atoms with Crippen molar-refractivity contribution in [2.24, 2.45) is 0 Å². The van der Waals surface area contributed by atoms with Gasteiger partial charge in [-0.3, -0.25) is 0 Å². The molecule has 0 amide bonds. The fraction of sp³-hybridized carbons (Fsp3) is 0.235. The third-order valence-electron chi connectivity index (χ3n) is 2.89. The van der Waals surface area contributed by atoms with Gasteiger partial charge in [-0.15, -0.1) is 0 Å². The SMILES string of the molecule is CCNC(=S)Nc1cc(Cl)ccc1Oc1ccc(OCC)cc1. The number of ether oxygens (including phenoxy) is 2. The molecule has 0 fully saturated rings. The van der Waals surface area contributed by atoms with E-state index in [9.17, 15) is 0 Å². The second-order valence-corrected chi connectivity index (χ2v) is 5.48. The minimum Gasteiger partial charge on any atom is -0.494 e. The lowest BCUT2D eigenvalue weighted by atomic mass is 10.3. The van der Waals surface area contributed by atoms with Crippen molar-refractivity contribution < 1.29 is 9.47 Å². The van der Waals surface area contributed by atoms with Gasteiger partial charge in [0.05, 0.1) is 12.3 Å². The van der Waals surface area contributed by atoms with Crippen LogP contribution in [0.2, 0.25) is 5.02 Å². The van der Waals surface area contributed by atoms with Crippen LogP contribution in [0, 0.1) is 0 Å².